The fourth-order valence-corrected chi connectivity index (χ4v) is 1.33. The molecule has 5 heteroatoms. The molecule has 1 aliphatic rings. The molecular formula is C5H6Cl2NaO2. The Morgan fingerprint density at radius 3 is 1.90 bits per heavy atom. The van der Waals surface area contributed by atoms with E-state index in [-0.39, 0.29) is 29.6 Å². The maximum atomic E-state index is 10.3. The smallest absolute Gasteiger partial charge is 0.312 e. The predicted octanol–water partition coefficient (Wildman–Crippen LogP) is 1.27. The van der Waals surface area contributed by atoms with E-state index < -0.39 is 15.7 Å². The molecule has 1 N–H and O–H groups in total. The van der Waals surface area contributed by atoms with Crippen LogP contribution in [-0.2, 0) is 4.79 Å². The minimum atomic E-state index is -1.03. The van der Waals surface area contributed by atoms with Crippen LogP contribution < -0.4 is 0 Å². The molecule has 1 saturated carbocycles. The summed E-state index contributed by atoms with van der Waals surface area (Å²) in [4.78, 5) is 10.3. The van der Waals surface area contributed by atoms with Gasteiger partial charge in [0.1, 0.15) is 9.75 Å². The van der Waals surface area contributed by atoms with E-state index in [1.807, 2.05) is 0 Å². The Kier molecular flexibility index (Phi) is 3.13. The Labute approximate surface area is 91.2 Å². The van der Waals surface area contributed by atoms with Crippen LogP contribution in [0.1, 0.15) is 13.3 Å². The number of carbonyl (C=O) groups is 1. The normalized spacial score (nSPS) is 34.3. The van der Waals surface area contributed by atoms with Gasteiger partial charge in [-0.15, -0.1) is 23.2 Å². The largest absolute Gasteiger partial charge is 0.481 e. The minimum absolute atomic E-state index is 0. The molecular weight excluding hydrogens is 186 g/mol. The summed E-state index contributed by atoms with van der Waals surface area (Å²) >= 11 is 11.1. The van der Waals surface area contributed by atoms with Crippen LogP contribution in [0.2, 0.25) is 0 Å². The van der Waals surface area contributed by atoms with E-state index in [2.05, 4.69) is 0 Å². The first-order valence-electron chi connectivity index (χ1n) is 2.51. The first-order valence-corrected chi connectivity index (χ1v) is 3.27. The second kappa shape index (κ2) is 2.83. The Morgan fingerprint density at radius 2 is 1.90 bits per heavy atom. The van der Waals surface area contributed by atoms with E-state index in [4.69, 9.17) is 28.3 Å². The SMILES string of the molecule is CC1(C(=O)O)CC1(Cl)Cl.[Na]. The van der Waals surface area contributed by atoms with Gasteiger partial charge in [0, 0.05) is 36.0 Å². The van der Waals surface area contributed by atoms with E-state index in [0.717, 1.165) is 0 Å². The van der Waals surface area contributed by atoms with Crippen molar-refractivity contribution in [2.24, 2.45) is 5.41 Å². The van der Waals surface area contributed by atoms with Crippen molar-refractivity contribution >= 4 is 58.7 Å². The average molecular weight is 192 g/mol. The first-order chi connectivity index (χ1) is 3.90. The molecule has 1 unspecified atom stereocenters. The van der Waals surface area contributed by atoms with Gasteiger partial charge in [-0.1, -0.05) is 0 Å². The van der Waals surface area contributed by atoms with Crippen LogP contribution in [-0.4, -0.2) is 45.0 Å². The van der Waals surface area contributed by atoms with Crippen molar-refractivity contribution < 1.29 is 9.90 Å². The van der Waals surface area contributed by atoms with Crippen molar-refractivity contribution in [1.29, 1.82) is 0 Å². The fourth-order valence-electron chi connectivity index (χ4n) is 0.632. The number of hydrogen-bond acceptors (Lipinski definition) is 1. The van der Waals surface area contributed by atoms with Crippen LogP contribution in [0.15, 0.2) is 0 Å². The summed E-state index contributed by atoms with van der Waals surface area (Å²) < 4.78 is -1.03. The second-order valence-electron chi connectivity index (χ2n) is 2.52. The van der Waals surface area contributed by atoms with E-state index in [0.29, 0.717) is 6.42 Å². The van der Waals surface area contributed by atoms with E-state index in [9.17, 15) is 4.79 Å². The monoisotopic (exact) mass is 191 g/mol. The van der Waals surface area contributed by atoms with Gasteiger partial charge in [-0.25, -0.2) is 0 Å². The Hall–Kier alpha value is 1.05. The minimum Gasteiger partial charge on any atom is -0.481 e. The number of halogens is 2. The molecule has 0 heterocycles. The molecule has 0 saturated heterocycles. The van der Waals surface area contributed by atoms with Crippen LogP contribution in [0.5, 0.6) is 0 Å². The van der Waals surface area contributed by atoms with Gasteiger partial charge in [0.15, 0.2) is 0 Å². The van der Waals surface area contributed by atoms with Crippen LogP contribution >= 0.6 is 23.2 Å². The topological polar surface area (TPSA) is 37.3 Å². The number of aliphatic carboxylic acids is 1. The van der Waals surface area contributed by atoms with E-state index in [1.165, 1.54) is 6.92 Å². The Balaban J connectivity index is 0.000000810. The number of carboxylic acid groups (broad SMARTS) is 1. The van der Waals surface area contributed by atoms with Crippen molar-refractivity contribution in [1.82, 2.24) is 0 Å². The van der Waals surface area contributed by atoms with Crippen molar-refractivity contribution in [3.63, 3.8) is 0 Å². The molecule has 10 heavy (non-hydrogen) atoms. The maximum Gasteiger partial charge on any atom is 0.312 e. The molecule has 1 radical (unpaired) electrons. The summed E-state index contributed by atoms with van der Waals surface area (Å²) in [5.74, 6) is -0.924. The molecule has 0 spiro atoms. The summed E-state index contributed by atoms with van der Waals surface area (Å²) in [5.41, 5.74) is -0.907. The zero-order chi connectivity index (χ0) is 7.28. The molecule has 0 amide bonds. The average Bonchev–Trinajstić information content (AvgIpc) is 2.08. The molecule has 1 rings (SSSR count). The zero-order valence-corrected chi connectivity index (χ0v) is 9.33. The third kappa shape index (κ3) is 1.46. The van der Waals surface area contributed by atoms with Gasteiger partial charge in [-0.2, -0.15) is 0 Å². The van der Waals surface area contributed by atoms with E-state index >= 15 is 0 Å². The molecule has 53 valence electrons. The standard InChI is InChI=1S/C5H6Cl2O2.Na/c1-4(3(8)9)2-5(4,6)7;/h2H2,1H3,(H,8,9);. The van der Waals surface area contributed by atoms with Crippen molar-refractivity contribution in [3.05, 3.63) is 0 Å². The predicted molar refractivity (Wildman–Crippen MR) is 40.6 cm³/mol. The van der Waals surface area contributed by atoms with Gasteiger partial charge in [-0.3, -0.25) is 4.79 Å². The molecule has 0 aliphatic heterocycles. The Bertz CT molecular complexity index is 171. The van der Waals surface area contributed by atoms with Crippen molar-refractivity contribution in [2.45, 2.75) is 17.7 Å². The molecule has 0 bridgehead atoms. The molecule has 1 aliphatic carbocycles. The number of rotatable bonds is 1. The third-order valence-electron chi connectivity index (χ3n) is 1.73. The van der Waals surface area contributed by atoms with Gasteiger partial charge < -0.3 is 5.11 Å². The molecule has 0 aromatic rings. The molecule has 1 fully saturated rings. The first kappa shape index (κ1) is 11.1. The number of alkyl halides is 2. The van der Waals surface area contributed by atoms with Gasteiger partial charge in [-0.05, 0) is 6.92 Å². The fraction of sp³-hybridized carbons (Fsp3) is 0.800. The summed E-state index contributed by atoms with van der Waals surface area (Å²) in [6.07, 6.45) is 0.346. The quantitative estimate of drug-likeness (QED) is 0.501. The van der Waals surface area contributed by atoms with Crippen LogP contribution in [0.4, 0.5) is 0 Å². The zero-order valence-electron chi connectivity index (χ0n) is 5.82. The van der Waals surface area contributed by atoms with Gasteiger partial charge in [0.2, 0.25) is 0 Å². The second-order valence-corrected chi connectivity index (χ2v) is 4.00. The molecule has 2 nitrogen and oxygen atoms in total. The summed E-state index contributed by atoms with van der Waals surface area (Å²) in [6, 6.07) is 0. The third-order valence-corrected chi connectivity index (χ3v) is 2.83. The van der Waals surface area contributed by atoms with Crippen molar-refractivity contribution in [2.75, 3.05) is 0 Å². The van der Waals surface area contributed by atoms with Crippen LogP contribution in [0.3, 0.4) is 0 Å². The van der Waals surface area contributed by atoms with Crippen LogP contribution in [0.25, 0.3) is 0 Å². The molecule has 1 atom stereocenters. The van der Waals surface area contributed by atoms with E-state index in [1.54, 1.807) is 0 Å². The van der Waals surface area contributed by atoms with Crippen LogP contribution in [0, 0.1) is 5.41 Å². The molecule has 0 aromatic carbocycles. The molecule has 0 aromatic heterocycles. The Morgan fingerprint density at radius 1 is 1.60 bits per heavy atom. The maximum absolute atomic E-state index is 10.3. The van der Waals surface area contributed by atoms with Gasteiger partial charge >= 0.3 is 5.97 Å². The number of carboxylic acids is 1. The van der Waals surface area contributed by atoms with Gasteiger partial charge in [0.25, 0.3) is 0 Å². The van der Waals surface area contributed by atoms with Crippen molar-refractivity contribution in [3.8, 4) is 0 Å². The summed E-state index contributed by atoms with van der Waals surface area (Å²) in [5, 5.41) is 8.48. The van der Waals surface area contributed by atoms with Gasteiger partial charge in [0.05, 0.1) is 0 Å². The number of hydrogen-bond donors (Lipinski definition) is 1. The summed E-state index contributed by atoms with van der Waals surface area (Å²) in [7, 11) is 0. The summed E-state index contributed by atoms with van der Waals surface area (Å²) in [6.45, 7) is 1.54.